The molecule has 1 amide bonds. The molecule has 0 heterocycles. The first-order valence-corrected chi connectivity index (χ1v) is 8.25. The molecule has 0 aromatic heterocycles. The van der Waals surface area contributed by atoms with E-state index >= 15 is 0 Å². The lowest BCUT2D eigenvalue weighted by Gasteiger charge is -2.26. The summed E-state index contributed by atoms with van der Waals surface area (Å²) in [5, 5.41) is 3.29. The molecule has 0 aliphatic rings. The van der Waals surface area contributed by atoms with Crippen LogP contribution in [0.15, 0.2) is 24.3 Å². The molecule has 1 atom stereocenters. The number of hydrogen-bond acceptors (Lipinski definition) is 4. The largest absolute Gasteiger partial charge is 0.444 e. The molecule has 7 heteroatoms. The molecule has 1 N–H and O–H groups in total. The number of hydrogen-bond donors (Lipinski definition) is 1. The molecule has 1 unspecified atom stereocenters. The van der Waals surface area contributed by atoms with Crippen LogP contribution in [0.5, 0.6) is 5.75 Å². The monoisotopic (exact) mass is 358 g/mol. The second-order valence-corrected chi connectivity index (χ2v) is 7.12. The maximum absolute atomic E-state index is 12.1. The molecule has 5 nitrogen and oxygen atoms in total. The number of amides is 1. The minimum Gasteiger partial charge on any atom is -0.444 e. The summed E-state index contributed by atoms with van der Waals surface area (Å²) in [7, 11) is 1.71. The van der Waals surface area contributed by atoms with Crippen molar-refractivity contribution in [2.75, 3.05) is 20.1 Å². The van der Waals surface area contributed by atoms with Gasteiger partial charge in [0.2, 0.25) is 0 Å². The number of carbonyl (C=O) groups is 1. The van der Waals surface area contributed by atoms with Gasteiger partial charge in [0.15, 0.2) is 0 Å². The Labute approximate surface area is 148 Å². The fourth-order valence-corrected chi connectivity index (χ4v) is 2.20. The predicted octanol–water partition coefficient (Wildman–Crippen LogP) is 3.88. The minimum absolute atomic E-state index is 0.145. The molecule has 0 bridgehead atoms. The molecule has 0 saturated heterocycles. The van der Waals surface area contributed by atoms with Crippen LogP contribution < -0.4 is 10.1 Å². The van der Waals surface area contributed by atoms with Crippen LogP contribution in [0.25, 0.3) is 0 Å². The van der Waals surface area contributed by atoms with Gasteiger partial charge in [0.25, 0.3) is 0 Å². The van der Waals surface area contributed by atoms with Gasteiger partial charge in [0, 0.05) is 20.1 Å². The van der Waals surface area contributed by atoms with Crippen LogP contribution in [0.2, 0.25) is 0 Å². The van der Waals surface area contributed by atoms with Crippen molar-refractivity contribution >= 4 is 6.09 Å². The standard InChI is InChI=1S/C18H28F2N2O3/c1-13(12-22(5)17(23)25-18(2,3)4)10-21-11-14-6-8-15(9-7-14)24-16(19)20/h6-9,13,16,21H,10-12H2,1-5H3. The number of nitrogens with zero attached hydrogens (tertiary/aromatic N) is 1. The third-order valence-electron chi connectivity index (χ3n) is 3.26. The zero-order valence-electron chi connectivity index (χ0n) is 15.5. The second-order valence-electron chi connectivity index (χ2n) is 7.12. The van der Waals surface area contributed by atoms with Crippen molar-refractivity contribution in [2.45, 2.75) is 46.5 Å². The van der Waals surface area contributed by atoms with Crippen molar-refractivity contribution in [1.82, 2.24) is 10.2 Å². The smallest absolute Gasteiger partial charge is 0.410 e. The van der Waals surface area contributed by atoms with Crippen LogP contribution in [0, 0.1) is 5.92 Å². The fourth-order valence-electron chi connectivity index (χ4n) is 2.20. The van der Waals surface area contributed by atoms with Crippen LogP contribution in [-0.4, -0.2) is 43.3 Å². The normalized spacial score (nSPS) is 12.8. The Balaban J connectivity index is 2.32. The SMILES string of the molecule is CC(CNCc1ccc(OC(F)F)cc1)CN(C)C(=O)OC(C)(C)C. The third kappa shape index (κ3) is 9.24. The molecule has 1 aromatic rings. The number of halogens is 2. The number of ether oxygens (including phenoxy) is 2. The summed E-state index contributed by atoms with van der Waals surface area (Å²) < 4.78 is 33.8. The van der Waals surface area contributed by atoms with Crippen LogP contribution >= 0.6 is 0 Å². The highest BCUT2D eigenvalue weighted by Gasteiger charge is 2.20. The molecule has 1 rings (SSSR count). The molecule has 0 fully saturated rings. The van der Waals surface area contributed by atoms with Gasteiger partial charge in [0.05, 0.1) is 0 Å². The minimum atomic E-state index is -2.81. The van der Waals surface area contributed by atoms with Gasteiger partial charge in [0.1, 0.15) is 11.4 Å². The van der Waals surface area contributed by atoms with E-state index in [0.717, 1.165) is 5.56 Å². The Morgan fingerprint density at radius 3 is 2.36 bits per heavy atom. The molecule has 0 radical (unpaired) electrons. The van der Waals surface area contributed by atoms with Crippen LogP contribution in [0.4, 0.5) is 13.6 Å². The lowest BCUT2D eigenvalue weighted by molar-refractivity contribution is -0.0498. The Morgan fingerprint density at radius 2 is 1.84 bits per heavy atom. The zero-order chi connectivity index (χ0) is 19.0. The van der Waals surface area contributed by atoms with Gasteiger partial charge in [-0.05, 0) is 50.9 Å². The van der Waals surface area contributed by atoms with Crippen molar-refractivity contribution in [2.24, 2.45) is 5.92 Å². The van der Waals surface area contributed by atoms with E-state index < -0.39 is 12.2 Å². The van der Waals surface area contributed by atoms with E-state index in [0.29, 0.717) is 19.6 Å². The maximum atomic E-state index is 12.1. The summed E-state index contributed by atoms with van der Waals surface area (Å²) in [5.41, 5.74) is 0.460. The van der Waals surface area contributed by atoms with E-state index in [-0.39, 0.29) is 17.8 Å². The lowest BCUT2D eigenvalue weighted by Crippen LogP contribution is -2.38. The summed E-state index contributed by atoms with van der Waals surface area (Å²) in [6, 6.07) is 6.51. The van der Waals surface area contributed by atoms with Gasteiger partial charge in [-0.25, -0.2) is 4.79 Å². The molecular weight excluding hydrogens is 330 g/mol. The number of nitrogens with one attached hydrogen (secondary N) is 1. The number of benzene rings is 1. The first-order chi connectivity index (χ1) is 11.6. The molecular formula is C18H28F2N2O3. The Morgan fingerprint density at radius 1 is 1.24 bits per heavy atom. The van der Waals surface area contributed by atoms with Crippen LogP contribution in [0.1, 0.15) is 33.3 Å². The first-order valence-electron chi connectivity index (χ1n) is 8.25. The molecule has 0 spiro atoms. The van der Waals surface area contributed by atoms with Crippen molar-refractivity contribution in [3.05, 3.63) is 29.8 Å². The second kappa shape index (κ2) is 9.56. The lowest BCUT2D eigenvalue weighted by atomic mass is 10.1. The zero-order valence-corrected chi connectivity index (χ0v) is 15.5. The van der Waals surface area contributed by atoms with Gasteiger partial charge in [-0.15, -0.1) is 0 Å². The topological polar surface area (TPSA) is 50.8 Å². The van der Waals surface area contributed by atoms with E-state index in [1.165, 1.54) is 12.1 Å². The molecule has 1 aromatic carbocycles. The van der Waals surface area contributed by atoms with E-state index in [1.807, 2.05) is 27.7 Å². The van der Waals surface area contributed by atoms with E-state index in [4.69, 9.17) is 4.74 Å². The predicted molar refractivity (Wildman–Crippen MR) is 92.8 cm³/mol. The Bertz CT molecular complexity index is 530. The quantitative estimate of drug-likeness (QED) is 0.766. The van der Waals surface area contributed by atoms with Crippen molar-refractivity contribution in [3.8, 4) is 5.75 Å². The van der Waals surface area contributed by atoms with Crippen LogP contribution in [0.3, 0.4) is 0 Å². The average Bonchev–Trinajstić information content (AvgIpc) is 2.46. The van der Waals surface area contributed by atoms with Crippen LogP contribution in [-0.2, 0) is 11.3 Å². The summed E-state index contributed by atoms with van der Waals surface area (Å²) in [6.07, 6.45) is -0.339. The molecule has 25 heavy (non-hydrogen) atoms. The van der Waals surface area contributed by atoms with E-state index in [9.17, 15) is 13.6 Å². The van der Waals surface area contributed by atoms with Gasteiger partial charge in [-0.1, -0.05) is 19.1 Å². The van der Waals surface area contributed by atoms with Gasteiger partial charge >= 0.3 is 12.7 Å². The van der Waals surface area contributed by atoms with Gasteiger partial charge in [-0.3, -0.25) is 0 Å². The van der Waals surface area contributed by atoms with Crippen molar-refractivity contribution in [3.63, 3.8) is 0 Å². The van der Waals surface area contributed by atoms with E-state index in [2.05, 4.69) is 10.1 Å². The summed E-state index contributed by atoms with van der Waals surface area (Å²) in [6.45, 7) is 6.62. The van der Waals surface area contributed by atoms with E-state index in [1.54, 1.807) is 24.1 Å². The Kier molecular flexibility index (Phi) is 8.09. The summed E-state index contributed by atoms with van der Waals surface area (Å²) >= 11 is 0. The highest BCUT2D eigenvalue weighted by atomic mass is 19.3. The van der Waals surface area contributed by atoms with Crippen molar-refractivity contribution in [1.29, 1.82) is 0 Å². The number of alkyl halides is 2. The fraction of sp³-hybridized carbons (Fsp3) is 0.611. The van der Waals surface area contributed by atoms with Gasteiger partial charge in [-0.2, -0.15) is 8.78 Å². The summed E-state index contributed by atoms with van der Waals surface area (Å²) in [5.74, 6) is 0.380. The molecule has 0 aliphatic carbocycles. The van der Waals surface area contributed by atoms with Crippen molar-refractivity contribution < 1.29 is 23.0 Å². The highest BCUT2D eigenvalue weighted by molar-refractivity contribution is 5.67. The maximum Gasteiger partial charge on any atom is 0.410 e. The first kappa shape index (κ1) is 21.2. The molecule has 0 aliphatic heterocycles. The highest BCUT2D eigenvalue weighted by Crippen LogP contribution is 2.15. The average molecular weight is 358 g/mol. The summed E-state index contributed by atoms with van der Waals surface area (Å²) in [4.78, 5) is 13.5. The molecule has 0 saturated carbocycles. The Hall–Kier alpha value is -1.89. The number of rotatable bonds is 8. The third-order valence-corrected chi connectivity index (χ3v) is 3.26. The van der Waals surface area contributed by atoms with Gasteiger partial charge < -0.3 is 19.7 Å². The molecule has 142 valence electrons. The number of carbonyl (C=O) groups excluding carboxylic acids is 1.